The van der Waals surface area contributed by atoms with Crippen molar-refractivity contribution in [2.45, 2.75) is 50.0 Å². The fourth-order valence-corrected chi connectivity index (χ4v) is 3.97. The Labute approximate surface area is 145 Å². The summed E-state index contributed by atoms with van der Waals surface area (Å²) in [4.78, 5) is 14.8. The minimum atomic E-state index is -4.54. The van der Waals surface area contributed by atoms with Crippen molar-refractivity contribution in [1.82, 2.24) is 10.2 Å². The van der Waals surface area contributed by atoms with E-state index in [2.05, 4.69) is 10.2 Å². The monoisotopic (exact) mass is 356 g/mol. The van der Waals surface area contributed by atoms with Gasteiger partial charge in [0.1, 0.15) is 0 Å². The van der Waals surface area contributed by atoms with Crippen LogP contribution in [-0.2, 0) is 10.9 Å². The van der Waals surface area contributed by atoms with E-state index in [4.69, 9.17) is 4.74 Å². The molecule has 1 aromatic carbocycles. The molecule has 0 aromatic heterocycles. The lowest BCUT2D eigenvalue weighted by Gasteiger charge is -2.30. The molecule has 1 aliphatic carbocycles. The molecule has 3 atom stereocenters. The van der Waals surface area contributed by atoms with Gasteiger partial charge in [0.25, 0.3) is 5.91 Å². The number of rotatable bonds is 4. The molecule has 2 fully saturated rings. The van der Waals surface area contributed by atoms with Crippen molar-refractivity contribution >= 4 is 5.91 Å². The summed E-state index contributed by atoms with van der Waals surface area (Å²) in [7, 11) is 1.69. The van der Waals surface area contributed by atoms with Gasteiger partial charge in [-0.25, -0.2) is 0 Å². The highest BCUT2D eigenvalue weighted by Crippen LogP contribution is 2.33. The van der Waals surface area contributed by atoms with Crippen LogP contribution in [-0.4, -0.2) is 49.2 Å². The standard InChI is InChI=1S/C18H23F3N2O2/c1-25-12-9-10-23(11-12)16-8-4-7-15(16)22-17(24)13-5-2-3-6-14(13)18(19,20)21/h2-3,5-6,12,15-16H,4,7-11H2,1H3,(H,22,24)/t12?,15-,16+/m1/s1. The van der Waals surface area contributed by atoms with Crippen LogP contribution in [0.25, 0.3) is 0 Å². The topological polar surface area (TPSA) is 41.6 Å². The van der Waals surface area contributed by atoms with Crippen molar-refractivity contribution in [1.29, 1.82) is 0 Å². The van der Waals surface area contributed by atoms with E-state index in [0.717, 1.165) is 44.8 Å². The number of ether oxygens (including phenoxy) is 1. The Kier molecular flexibility index (Phi) is 5.34. The van der Waals surface area contributed by atoms with E-state index in [1.54, 1.807) is 7.11 Å². The molecule has 7 heteroatoms. The summed E-state index contributed by atoms with van der Waals surface area (Å²) in [6.45, 7) is 1.71. The van der Waals surface area contributed by atoms with Crippen molar-refractivity contribution < 1.29 is 22.7 Å². The highest BCUT2D eigenvalue weighted by atomic mass is 19.4. The Morgan fingerprint density at radius 2 is 2.00 bits per heavy atom. The van der Waals surface area contributed by atoms with E-state index in [1.165, 1.54) is 18.2 Å². The zero-order valence-electron chi connectivity index (χ0n) is 14.2. The summed E-state index contributed by atoms with van der Waals surface area (Å²) in [6, 6.07) is 4.99. The Bertz CT molecular complexity index is 621. The van der Waals surface area contributed by atoms with Crippen molar-refractivity contribution in [2.24, 2.45) is 0 Å². The second kappa shape index (κ2) is 7.33. The minimum absolute atomic E-state index is 0.121. The predicted octanol–water partition coefficient (Wildman–Crippen LogP) is 3.08. The van der Waals surface area contributed by atoms with Gasteiger partial charge in [0.2, 0.25) is 0 Å². The molecule has 1 aromatic rings. The average molecular weight is 356 g/mol. The molecule has 1 aliphatic heterocycles. The van der Waals surface area contributed by atoms with Crippen LogP contribution in [0, 0.1) is 0 Å². The van der Waals surface area contributed by atoms with Crippen molar-refractivity contribution in [2.75, 3.05) is 20.2 Å². The lowest BCUT2D eigenvalue weighted by molar-refractivity contribution is -0.137. The van der Waals surface area contributed by atoms with Crippen LogP contribution in [0.2, 0.25) is 0 Å². The number of nitrogens with zero attached hydrogens (tertiary/aromatic N) is 1. The smallest absolute Gasteiger partial charge is 0.380 e. The van der Waals surface area contributed by atoms with Gasteiger partial charge in [-0.05, 0) is 37.8 Å². The fourth-order valence-electron chi connectivity index (χ4n) is 3.97. The first-order chi connectivity index (χ1) is 11.9. The zero-order valence-corrected chi connectivity index (χ0v) is 14.2. The van der Waals surface area contributed by atoms with Gasteiger partial charge in [-0.1, -0.05) is 12.1 Å². The summed E-state index contributed by atoms with van der Waals surface area (Å²) in [5.74, 6) is -0.646. The maximum absolute atomic E-state index is 13.1. The third kappa shape index (κ3) is 3.98. The molecule has 138 valence electrons. The molecule has 1 amide bonds. The number of nitrogens with one attached hydrogen (secondary N) is 1. The number of hydrogen-bond donors (Lipinski definition) is 1. The largest absolute Gasteiger partial charge is 0.417 e. The van der Waals surface area contributed by atoms with Crippen LogP contribution >= 0.6 is 0 Å². The first kappa shape index (κ1) is 18.2. The lowest BCUT2D eigenvalue weighted by atomic mass is 10.0. The molecule has 0 radical (unpaired) electrons. The number of carbonyl (C=O) groups excluding carboxylic acids is 1. The lowest BCUT2D eigenvalue weighted by Crippen LogP contribution is -2.48. The summed E-state index contributed by atoms with van der Waals surface area (Å²) >= 11 is 0. The van der Waals surface area contributed by atoms with Gasteiger partial charge in [0.15, 0.2) is 0 Å². The van der Waals surface area contributed by atoms with Crippen molar-refractivity contribution in [3.05, 3.63) is 35.4 Å². The Morgan fingerprint density at radius 1 is 1.24 bits per heavy atom. The second-order valence-corrected chi connectivity index (χ2v) is 6.76. The number of alkyl halides is 3. The molecule has 1 unspecified atom stereocenters. The highest BCUT2D eigenvalue weighted by molar-refractivity contribution is 5.96. The normalized spacial score (nSPS) is 27.6. The number of likely N-dealkylation sites (tertiary alicyclic amines) is 1. The first-order valence-corrected chi connectivity index (χ1v) is 8.64. The second-order valence-electron chi connectivity index (χ2n) is 6.76. The van der Waals surface area contributed by atoms with Crippen molar-refractivity contribution in [3.63, 3.8) is 0 Å². The maximum atomic E-state index is 13.1. The maximum Gasteiger partial charge on any atom is 0.417 e. The van der Waals surface area contributed by atoms with Crippen LogP contribution in [0.5, 0.6) is 0 Å². The van der Waals surface area contributed by atoms with E-state index < -0.39 is 17.6 Å². The van der Waals surface area contributed by atoms with Gasteiger partial charge < -0.3 is 10.1 Å². The van der Waals surface area contributed by atoms with Crippen LogP contribution in [0.4, 0.5) is 13.2 Å². The van der Waals surface area contributed by atoms with Gasteiger partial charge in [0, 0.05) is 32.3 Å². The van der Waals surface area contributed by atoms with Crippen LogP contribution in [0.3, 0.4) is 0 Å². The molecule has 0 spiro atoms. The molecule has 0 bridgehead atoms. The third-order valence-electron chi connectivity index (χ3n) is 5.25. The Morgan fingerprint density at radius 3 is 2.68 bits per heavy atom. The molecular formula is C18H23F3N2O2. The molecule has 1 saturated carbocycles. The molecule has 25 heavy (non-hydrogen) atoms. The van der Waals surface area contributed by atoms with Crippen LogP contribution in [0.15, 0.2) is 24.3 Å². The van der Waals surface area contributed by atoms with Gasteiger partial charge >= 0.3 is 6.18 Å². The van der Waals surface area contributed by atoms with Gasteiger partial charge in [-0.15, -0.1) is 0 Å². The van der Waals surface area contributed by atoms with E-state index in [0.29, 0.717) is 0 Å². The molecule has 3 rings (SSSR count). The van der Waals surface area contributed by atoms with Gasteiger partial charge in [-0.3, -0.25) is 9.69 Å². The molecule has 1 N–H and O–H groups in total. The first-order valence-electron chi connectivity index (χ1n) is 8.64. The summed E-state index contributed by atoms with van der Waals surface area (Å²) in [5.41, 5.74) is -1.19. The number of amides is 1. The third-order valence-corrected chi connectivity index (χ3v) is 5.25. The van der Waals surface area contributed by atoms with E-state index >= 15 is 0 Å². The van der Waals surface area contributed by atoms with E-state index in [-0.39, 0.29) is 23.8 Å². The molecule has 2 aliphatic rings. The Balaban J connectivity index is 1.71. The molecule has 1 heterocycles. The van der Waals surface area contributed by atoms with Crippen molar-refractivity contribution in [3.8, 4) is 0 Å². The Hall–Kier alpha value is -1.60. The quantitative estimate of drug-likeness (QED) is 0.902. The number of halogens is 3. The average Bonchev–Trinajstić information content (AvgIpc) is 3.22. The predicted molar refractivity (Wildman–Crippen MR) is 87.3 cm³/mol. The zero-order chi connectivity index (χ0) is 18.0. The number of benzene rings is 1. The summed E-state index contributed by atoms with van der Waals surface area (Å²) < 4.78 is 44.8. The van der Waals surface area contributed by atoms with Crippen LogP contribution < -0.4 is 5.32 Å². The number of carbonyl (C=O) groups is 1. The SMILES string of the molecule is COC1CCN([C@H]2CCC[C@H]2NC(=O)c2ccccc2C(F)(F)F)C1. The number of hydrogen-bond acceptors (Lipinski definition) is 3. The van der Waals surface area contributed by atoms with Gasteiger partial charge in [-0.2, -0.15) is 13.2 Å². The highest BCUT2D eigenvalue weighted by Gasteiger charge is 2.39. The van der Waals surface area contributed by atoms with Gasteiger partial charge in [0.05, 0.1) is 17.2 Å². The van der Waals surface area contributed by atoms with E-state index in [9.17, 15) is 18.0 Å². The van der Waals surface area contributed by atoms with Crippen LogP contribution in [0.1, 0.15) is 41.6 Å². The summed E-state index contributed by atoms with van der Waals surface area (Å²) in [5, 5.41) is 2.85. The molecule has 1 saturated heterocycles. The molecule has 4 nitrogen and oxygen atoms in total. The number of methoxy groups -OCH3 is 1. The minimum Gasteiger partial charge on any atom is -0.380 e. The summed E-state index contributed by atoms with van der Waals surface area (Å²) in [6.07, 6.45) is -0.692. The fraction of sp³-hybridized carbons (Fsp3) is 0.611. The van der Waals surface area contributed by atoms with E-state index in [1.807, 2.05) is 0 Å². The molecular weight excluding hydrogens is 333 g/mol.